The van der Waals surface area contributed by atoms with Crippen molar-refractivity contribution >= 4 is 0 Å². The Bertz CT molecular complexity index is 538. The van der Waals surface area contributed by atoms with Gasteiger partial charge in [0.15, 0.2) is 0 Å². The van der Waals surface area contributed by atoms with E-state index in [4.69, 9.17) is 9.47 Å². The fourth-order valence-electron chi connectivity index (χ4n) is 4.58. The van der Waals surface area contributed by atoms with Crippen LogP contribution in [0.25, 0.3) is 0 Å². The number of hydrogen-bond acceptors (Lipinski definition) is 3. The average Bonchev–Trinajstić information content (AvgIpc) is 3.16. The summed E-state index contributed by atoms with van der Waals surface area (Å²) in [6.07, 6.45) is 9.01. The molecule has 126 valence electrons. The van der Waals surface area contributed by atoms with Crippen molar-refractivity contribution in [3.63, 3.8) is 0 Å². The van der Waals surface area contributed by atoms with Gasteiger partial charge in [0.1, 0.15) is 11.9 Å². The molecule has 3 heteroatoms. The number of benzene rings is 1. The van der Waals surface area contributed by atoms with Gasteiger partial charge in [-0.25, -0.2) is 0 Å². The second-order valence-electron chi connectivity index (χ2n) is 7.54. The van der Waals surface area contributed by atoms with E-state index < -0.39 is 0 Å². The van der Waals surface area contributed by atoms with Crippen LogP contribution < -0.4 is 4.74 Å². The molecule has 0 bridgehead atoms. The van der Waals surface area contributed by atoms with E-state index >= 15 is 0 Å². The van der Waals surface area contributed by atoms with Crippen LogP contribution in [-0.4, -0.2) is 43.9 Å². The van der Waals surface area contributed by atoms with Gasteiger partial charge in [-0.1, -0.05) is 6.07 Å². The second-order valence-corrected chi connectivity index (χ2v) is 7.54. The van der Waals surface area contributed by atoms with Crippen LogP contribution in [0.15, 0.2) is 18.2 Å². The van der Waals surface area contributed by atoms with Crippen molar-refractivity contribution < 1.29 is 9.47 Å². The van der Waals surface area contributed by atoms with E-state index in [-0.39, 0.29) is 0 Å². The molecule has 0 aromatic heterocycles. The van der Waals surface area contributed by atoms with E-state index in [1.165, 1.54) is 38.6 Å². The van der Waals surface area contributed by atoms with Crippen LogP contribution >= 0.6 is 0 Å². The highest BCUT2D eigenvalue weighted by Gasteiger charge is 2.29. The van der Waals surface area contributed by atoms with Gasteiger partial charge in [-0.2, -0.15) is 0 Å². The highest BCUT2D eigenvalue weighted by atomic mass is 16.5. The van der Waals surface area contributed by atoms with Crippen LogP contribution in [0.2, 0.25) is 0 Å². The summed E-state index contributed by atoms with van der Waals surface area (Å²) in [6.45, 7) is 2.95. The van der Waals surface area contributed by atoms with E-state index in [1.54, 1.807) is 11.1 Å². The summed E-state index contributed by atoms with van der Waals surface area (Å²) in [6, 6.07) is 7.61. The molecule has 0 radical (unpaired) electrons. The van der Waals surface area contributed by atoms with E-state index in [0.717, 1.165) is 43.8 Å². The normalized spacial score (nSPS) is 28.9. The van der Waals surface area contributed by atoms with Crippen molar-refractivity contribution in [3.8, 4) is 5.75 Å². The van der Waals surface area contributed by atoms with Crippen molar-refractivity contribution in [3.05, 3.63) is 29.3 Å². The first-order chi connectivity index (χ1) is 11.3. The Morgan fingerprint density at radius 3 is 2.83 bits per heavy atom. The Labute approximate surface area is 140 Å². The van der Waals surface area contributed by atoms with Crippen LogP contribution in [0.5, 0.6) is 5.75 Å². The lowest BCUT2D eigenvalue weighted by molar-refractivity contribution is 0.0255. The average molecular weight is 315 g/mol. The largest absolute Gasteiger partial charge is 0.490 e. The minimum absolute atomic E-state index is 0.336. The van der Waals surface area contributed by atoms with E-state index in [1.807, 2.05) is 0 Å². The first kappa shape index (κ1) is 15.5. The maximum atomic E-state index is 6.23. The molecule has 2 heterocycles. The maximum absolute atomic E-state index is 6.23. The van der Waals surface area contributed by atoms with Gasteiger partial charge in [0, 0.05) is 18.9 Å². The number of aryl methyl sites for hydroxylation is 1. The third kappa shape index (κ3) is 3.41. The number of hydrogen-bond donors (Lipinski definition) is 0. The van der Waals surface area contributed by atoms with Crippen LogP contribution in [0.4, 0.5) is 0 Å². The first-order valence-electron chi connectivity index (χ1n) is 9.37. The lowest BCUT2D eigenvalue weighted by atomic mass is 9.92. The number of ether oxygens (including phenoxy) is 2. The number of fused-ring (bicyclic) bond motifs is 1. The minimum atomic E-state index is 0.336. The van der Waals surface area contributed by atoms with Gasteiger partial charge in [-0.05, 0) is 74.9 Å². The zero-order valence-corrected chi connectivity index (χ0v) is 14.3. The number of nitrogens with zero attached hydrogens (tertiary/aromatic N) is 1. The van der Waals surface area contributed by atoms with Crippen molar-refractivity contribution in [2.24, 2.45) is 0 Å². The molecule has 4 rings (SSSR count). The highest BCUT2D eigenvalue weighted by molar-refractivity contribution is 5.41. The van der Waals surface area contributed by atoms with Crippen LogP contribution in [-0.2, 0) is 11.2 Å². The molecule has 0 N–H and O–H groups in total. The molecule has 2 atom stereocenters. The summed E-state index contributed by atoms with van der Waals surface area (Å²) in [5, 5.41) is 0. The first-order valence-corrected chi connectivity index (χ1v) is 9.37. The van der Waals surface area contributed by atoms with Gasteiger partial charge in [0.05, 0.1) is 13.2 Å². The summed E-state index contributed by atoms with van der Waals surface area (Å²) in [5.74, 6) is 1.80. The van der Waals surface area contributed by atoms with Crippen LogP contribution in [0, 0.1) is 0 Å². The van der Waals surface area contributed by atoms with Gasteiger partial charge in [0.2, 0.25) is 0 Å². The molecule has 1 aromatic carbocycles. The van der Waals surface area contributed by atoms with Crippen molar-refractivity contribution in [2.45, 2.75) is 63.0 Å². The molecule has 1 aliphatic carbocycles. The molecular weight excluding hydrogens is 286 g/mol. The fraction of sp³-hybridized carbons (Fsp3) is 0.700. The van der Waals surface area contributed by atoms with Gasteiger partial charge in [-0.3, -0.25) is 0 Å². The molecular formula is C20H29NO2. The quantitative estimate of drug-likeness (QED) is 0.844. The zero-order chi connectivity index (χ0) is 15.6. The SMILES string of the molecule is CN1CCC[C@@H]1CC1CCc2ccc(OC3CCOCC3)cc21. The van der Waals surface area contributed by atoms with Crippen molar-refractivity contribution in [1.29, 1.82) is 0 Å². The van der Waals surface area contributed by atoms with Gasteiger partial charge >= 0.3 is 0 Å². The Morgan fingerprint density at radius 1 is 1.17 bits per heavy atom. The predicted molar refractivity (Wildman–Crippen MR) is 92.2 cm³/mol. The maximum Gasteiger partial charge on any atom is 0.120 e. The Hall–Kier alpha value is -1.06. The molecule has 1 unspecified atom stereocenters. The fourth-order valence-corrected chi connectivity index (χ4v) is 4.58. The second kappa shape index (κ2) is 6.82. The monoisotopic (exact) mass is 315 g/mol. The van der Waals surface area contributed by atoms with Gasteiger partial charge < -0.3 is 14.4 Å². The van der Waals surface area contributed by atoms with Crippen molar-refractivity contribution in [2.75, 3.05) is 26.8 Å². The van der Waals surface area contributed by atoms with Gasteiger partial charge in [0.25, 0.3) is 0 Å². The molecule has 0 spiro atoms. The third-order valence-corrected chi connectivity index (χ3v) is 6.02. The molecule has 23 heavy (non-hydrogen) atoms. The van der Waals surface area contributed by atoms with E-state index in [0.29, 0.717) is 6.10 Å². The summed E-state index contributed by atoms with van der Waals surface area (Å²) < 4.78 is 11.7. The summed E-state index contributed by atoms with van der Waals surface area (Å²) in [5.41, 5.74) is 3.12. The molecule has 0 saturated carbocycles. The highest BCUT2D eigenvalue weighted by Crippen LogP contribution is 2.40. The molecule has 3 nitrogen and oxygen atoms in total. The lowest BCUT2D eigenvalue weighted by Gasteiger charge is -2.25. The predicted octanol–water partition coefficient (Wildman–Crippen LogP) is 3.76. The van der Waals surface area contributed by atoms with Crippen molar-refractivity contribution in [1.82, 2.24) is 4.90 Å². The van der Waals surface area contributed by atoms with Crippen LogP contribution in [0.1, 0.15) is 55.6 Å². The molecule has 2 saturated heterocycles. The molecule has 2 aliphatic heterocycles. The summed E-state index contributed by atoms with van der Waals surface area (Å²) >= 11 is 0. The summed E-state index contributed by atoms with van der Waals surface area (Å²) in [4.78, 5) is 2.56. The molecule has 0 amide bonds. The van der Waals surface area contributed by atoms with E-state index in [9.17, 15) is 0 Å². The number of likely N-dealkylation sites (tertiary alicyclic amines) is 1. The summed E-state index contributed by atoms with van der Waals surface area (Å²) in [7, 11) is 2.29. The Morgan fingerprint density at radius 2 is 2.04 bits per heavy atom. The smallest absolute Gasteiger partial charge is 0.120 e. The van der Waals surface area contributed by atoms with E-state index in [2.05, 4.69) is 30.1 Å². The topological polar surface area (TPSA) is 21.7 Å². The Balaban J connectivity index is 1.45. The minimum Gasteiger partial charge on any atom is -0.490 e. The standard InChI is InChI=1S/C20H29NO2/c1-21-10-2-3-17(21)13-16-5-4-15-6-7-19(14-20(15)16)23-18-8-11-22-12-9-18/h6-7,14,16-18H,2-5,8-13H2,1H3/t16?,17-/m1/s1. The zero-order valence-electron chi connectivity index (χ0n) is 14.3. The van der Waals surface area contributed by atoms with Gasteiger partial charge in [-0.15, -0.1) is 0 Å². The lowest BCUT2D eigenvalue weighted by Crippen LogP contribution is -2.26. The molecule has 2 fully saturated rings. The van der Waals surface area contributed by atoms with Crippen LogP contribution in [0.3, 0.4) is 0 Å². The molecule has 3 aliphatic rings. The number of rotatable bonds is 4. The Kier molecular flexibility index (Phi) is 4.59. The third-order valence-electron chi connectivity index (χ3n) is 6.02. The molecule has 1 aromatic rings.